The highest BCUT2D eigenvalue weighted by Crippen LogP contribution is 2.24. The summed E-state index contributed by atoms with van der Waals surface area (Å²) in [6.07, 6.45) is 1.20. The van der Waals surface area contributed by atoms with E-state index in [0.717, 1.165) is 9.35 Å². The molecule has 2 rings (SSSR count). The van der Waals surface area contributed by atoms with Crippen molar-refractivity contribution in [2.45, 2.75) is 24.6 Å². The fraction of sp³-hybridized carbons (Fsp3) is 0.636. The lowest BCUT2D eigenvalue weighted by Gasteiger charge is -2.26. The quantitative estimate of drug-likeness (QED) is 0.835. The molecule has 0 aromatic carbocycles. The molecule has 0 unspecified atom stereocenters. The van der Waals surface area contributed by atoms with Crippen LogP contribution in [-0.2, 0) is 21.3 Å². The van der Waals surface area contributed by atoms with E-state index in [1.54, 1.807) is 18.4 Å². The Morgan fingerprint density at radius 3 is 2.72 bits per heavy atom. The van der Waals surface area contributed by atoms with Crippen LogP contribution < -0.4 is 0 Å². The maximum atomic E-state index is 12.4. The molecule has 0 N–H and O–H groups in total. The van der Waals surface area contributed by atoms with Crippen LogP contribution in [0.15, 0.2) is 15.9 Å². The lowest BCUT2D eigenvalue weighted by Crippen LogP contribution is -2.38. The van der Waals surface area contributed by atoms with Crippen LogP contribution in [0.4, 0.5) is 0 Å². The Morgan fingerprint density at radius 1 is 1.50 bits per heavy atom. The van der Waals surface area contributed by atoms with Gasteiger partial charge in [0.1, 0.15) is 0 Å². The number of hydrogen-bond donors (Lipinski definition) is 0. The number of sulfonamides is 1. The zero-order chi connectivity index (χ0) is 13.2. The average molecular weight is 354 g/mol. The first-order chi connectivity index (χ1) is 8.50. The van der Waals surface area contributed by atoms with Crippen LogP contribution in [0, 0.1) is 0 Å². The van der Waals surface area contributed by atoms with E-state index in [4.69, 9.17) is 4.74 Å². The number of nitrogens with zero attached hydrogens (tertiary/aromatic N) is 1. The van der Waals surface area contributed by atoms with Crippen molar-refractivity contribution in [2.24, 2.45) is 0 Å². The third-order valence-electron chi connectivity index (χ3n) is 3.02. The molecule has 1 saturated heterocycles. The minimum atomic E-state index is -3.21. The highest BCUT2D eigenvalue weighted by molar-refractivity contribution is 9.10. The van der Waals surface area contributed by atoms with Gasteiger partial charge in [-0.3, -0.25) is 0 Å². The van der Waals surface area contributed by atoms with Crippen molar-refractivity contribution in [1.82, 2.24) is 4.31 Å². The Balaban J connectivity index is 2.04. The maximum Gasteiger partial charge on any atom is 0.217 e. The van der Waals surface area contributed by atoms with Crippen LogP contribution in [0.5, 0.6) is 0 Å². The van der Waals surface area contributed by atoms with E-state index in [-0.39, 0.29) is 5.25 Å². The fourth-order valence-electron chi connectivity index (χ4n) is 1.97. The summed E-state index contributed by atoms with van der Waals surface area (Å²) >= 11 is 4.94. The standard InChI is InChI=1S/C11H16BrNO3S2/c1-13(7-10-6-9(12)8-17-10)18(14,15)11-2-4-16-5-3-11/h6,8,11H,2-5,7H2,1H3. The second kappa shape index (κ2) is 6.00. The zero-order valence-corrected chi connectivity index (χ0v) is 13.4. The summed E-state index contributed by atoms with van der Waals surface area (Å²) in [5.41, 5.74) is 0. The Hall–Kier alpha value is 0.0500. The third kappa shape index (κ3) is 3.33. The number of rotatable bonds is 4. The van der Waals surface area contributed by atoms with Gasteiger partial charge in [-0.05, 0) is 34.8 Å². The number of halogens is 1. The largest absolute Gasteiger partial charge is 0.381 e. The van der Waals surface area contributed by atoms with Crippen LogP contribution >= 0.6 is 27.3 Å². The lowest BCUT2D eigenvalue weighted by atomic mass is 10.2. The molecule has 1 aromatic heterocycles. The Bertz CT molecular complexity index is 494. The highest BCUT2D eigenvalue weighted by atomic mass is 79.9. The van der Waals surface area contributed by atoms with Gasteiger partial charge in [-0.25, -0.2) is 8.42 Å². The monoisotopic (exact) mass is 353 g/mol. The first kappa shape index (κ1) is 14.5. The van der Waals surface area contributed by atoms with E-state index in [2.05, 4.69) is 15.9 Å². The van der Waals surface area contributed by atoms with Gasteiger partial charge in [-0.15, -0.1) is 11.3 Å². The van der Waals surface area contributed by atoms with Crippen molar-refractivity contribution in [3.8, 4) is 0 Å². The van der Waals surface area contributed by atoms with Crippen molar-refractivity contribution in [2.75, 3.05) is 20.3 Å². The van der Waals surface area contributed by atoms with Gasteiger partial charge in [0, 0.05) is 41.5 Å². The highest BCUT2D eigenvalue weighted by Gasteiger charge is 2.31. The van der Waals surface area contributed by atoms with Gasteiger partial charge < -0.3 is 4.74 Å². The lowest BCUT2D eigenvalue weighted by molar-refractivity contribution is 0.0973. The van der Waals surface area contributed by atoms with Crippen molar-refractivity contribution in [3.63, 3.8) is 0 Å². The topological polar surface area (TPSA) is 46.6 Å². The molecule has 102 valence electrons. The molecule has 0 radical (unpaired) electrons. The maximum absolute atomic E-state index is 12.4. The van der Waals surface area contributed by atoms with E-state index in [1.807, 2.05) is 11.4 Å². The SMILES string of the molecule is CN(Cc1cc(Br)cs1)S(=O)(=O)C1CCOCC1. The van der Waals surface area contributed by atoms with Gasteiger partial charge in [0.05, 0.1) is 5.25 Å². The van der Waals surface area contributed by atoms with E-state index < -0.39 is 10.0 Å². The van der Waals surface area contributed by atoms with E-state index in [0.29, 0.717) is 32.6 Å². The van der Waals surface area contributed by atoms with Crippen molar-refractivity contribution in [1.29, 1.82) is 0 Å². The summed E-state index contributed by atoms with van der Waals surface area (Å²) in [5, 5.41) is 1.67. The molecule has 4 nitrogen and oxygen atoms in total. The smallest absolute Gasteiger partial charge is 0.217 e. The van der Waals surface area contributed by atoms with Crippen molar-refractivity contribution < 1.29 is 13.2 Å². The first-order valence-electron chi connectivity index (χ1n) is 5.76. The van der Waals surface area contributed by atoms with Gasteiger partial charge in [0.2, 0.25) is 10.0 Å². The van der Waals surface area contributed by atoms with E-state index in [1.165, 1.54) is 4.31 Å². The van der Waals surface area contributed by atoms with Crippen LogP contribution in [0.2, 0.25) is 0 Å². The molecule has 0 bridgehead atoms. The van der Waals surface area contributed by atoms with E-state index in [9.17, 15) is 8.42 Å². The predicted molar refractivity (Wildman–Crippen MR) is 76.2 cm³/mol. The van der Waals surface area contributed by atoms with Crippen LogP contribution in [-0.4, -0.2) is 38.2 Å². The zero-order valence-electron chi connectivity index (χ0n) is 10.1. The molecule has 7 heteroatoms. The summed E-state index contributed by atoms with van der Waals surface area (Å²) in [6, 6.07) is 1.96. The molecule has 0 spiro atoms. The fourth-order valence-corrected chi connectivity index (χ4v) is 5.18. The molecular weight excluding hydrogens is 338 g/mol. The van der Waals surface area contributed by atoms with Crippen molar-refractivity contribution in [3.05, 3.63) is 20.8 Å². The van der Waals surface area contributed by atoms with Crippen LogP contribution in [0.1, 0.15) is 17.7 Å². The molecule has 0 saturated carbocycles. The minimum Gasteiger partial charge on any atom is -0.381 e. The summed E-state index contributed by atoms with van der Waals surface area (Å²) in [7, 11) is -1.56. The van der Waals surface area contributed by atoms with Crippen LogP contribution in [0.25, 0.3) is 0 Å². The second-order valence-electron chi connectivity index (χ2n) is 4.34. The van der Waals surface area contributed by atoms with Crippen LogP contribution in [0.3, 0.4) is 0 Å². The predicted octanol–water partition coefficient (Wildman–Crippen LogP) is 2.45. The number of thiophene rings is 1. The van der Waals surface area contributed by atoms with Crippen molar-refractivity contribution >= 4 is 37.3 Å². The summed E-state index contributed by atoms with van der Waals surface area (Å²) in [5.74, 6) is 0. The number of hydrogen-bond acceptors (Lipinski definition) is 4. The third-order valence-corrected chi connectivity index (χ3v) is 7.02. The van der Waals surface area contributed by atoms with Gasteiger partial charge in [0.25, 0.3) is 0 Å². The summed E-state index contributed by atoms with van der Waals surface area (Å²) < 4.78 is 32.4. The average Bonchev–Trinajstić information content (AvgIpc) is 2.76. The van der Waals surface area contributed by atoms with E-state index >= 15 is 0 Å². The van der Waals surface area contributed by atoms with Gasteiger partial charge in [0.15, 0.2) is 0 Å². The van der Waals surface area contributed by atoms with Gasteiger partial charge in [-0.1, -0.05) is 0 Å². The Kier molecular flexibility index (Phi) is 4.82. The Labute approximate surface area is 120 Å². The minimum absolute atomic E-state index is 0.292. The normalized spacial score (nSPS) is 18.4. The molecule has 0 aliphatic carbocycles. The molecule has 0 atom stereocenters. The summed E-state index contributed by atoms with van der Waals surface area (Å²) in [4.78, 5) is 1.04. The molecule has 2 heterocycles. The molecule has 0 amide bonds. The second-order valence-corrected chi connectivity index (χ2v) is 8.58. The summed E-state index contributed by atoms with van der Waals surface area (Å²) in [6.45, 7) is 1.53. The van der Waals surface area contributed by atoms with Gasteiger partial charge in [-0.2, -0.15) is 4.31 Å². The Morgan fingerprint density at radius 2 is 2.17 bits per heavy atom. The molecule has 1 aromatic rings. The van der Waals surface area contributed by atoms with Gasteiger partial charge >= 0.3 is 0 Å². The molecular formula is C11H16BrNO3S2. The number of ether oxygens (including phenoxy) is 1. The molecule has 1 aliphatic rings. The molecule has 1 aliphatic heterocycles. The molecule has 1 fully saturated rings. The molecule has 18 heavy (non-hydrogen) atoms. The first-order valence-corrected chi connectivity index (χ1v) is 8.93.